The lowest BCUT2D eigenvalue weighted by atomic mass is 10.0. The maximum Gasteiger partial charge on any atom is 0.295 e. The average molecular weight is 612 g/mol. The van der Waals surface area contributed by atoms with Gasteiger partial charge in [0.1, 0.15) is 0 Å². The summed E-state index contributed by atoms with van der Waals surface area (Å²) < 4.78 is 1.89. The second-order valence-corrected chi connectivity index (χ2v) is 12.2. The normalized spacial score (nSPS) is 16.1. The topological polar surface area (TPSA) is 78.8 Å². The summed E-state index contributed by atoms with van der Waals surface area (Å²) in [4.78, 5) is 51.3. The number of nitrogens with zero attached hydrogens (tertiary/aromatic N) is 5. The number of amides is 2. The number of aromatic nitrogens is 2. The number of piperazine rings is 1. The summed E-state index contributed by atoms with van der Waals surface area (Å²) in [6, 6.07) is 31.8. The van der Waals surface area contributed by atoms with Crippen LogP contribution in [0.5, 0.6) is 0 Å². The van der Waals surface area contributed by atoms with Gasteiger partial charge < -0.3 is 14.4 Å². The van der Waals surface area contributed by atoms with E-state index in [0.717, 1.165) is 59.3 Å². The zero-order chi connectivity index (χ0) is 31.6. The molecule has 0 N–H and O–H groups in total. The minimum atomic E-state index is -0.440. The van der Waals surface area contributed by atoms with Crippen molar-refractivity contribution >= 4 is 28.5 Å². The molecule has 7 rings (SSSR count). The number of Topliss-reactive ketones (excluding diaryl/α,β-unsaturated/α-hetero) is 1. The first kappa shape index (κ1) is 29.6. The molecule has 46 heavy (non-hydrogen) atoms. The number of pyridine rings is 1. The van der Waals surface area contributed by atoms with Crippen LogP contribution in [0.25, 0.3) is 33.4 Å². The average Bonchev–Trinajstić information content (AvgIpc) is 3.47. The Kier molecular flexibility index (Phi) is 8.20. The lowest BCUT2D eigenvalue weighted by molar-refractivity contribution is -0.128. The Bertz CT molecular complexity index is 1830. The zero-order valence-electron chi connectivity index (χ0n) is 26.0. The highest BCUT2D eigenvalue weighted by Crippen LogP contribution is 2.27. The number of ketones is 1. The third-order valence-corrected chi connectivity index (χ3v) is 9.42. The lowest BCUT2D eigenvalue weighted by Crippen LogP contribution is -2.55. The molecule has 2 aliphatic rings. The summed E-state index contributed by atoms with van der Waals surface area (Å²) in [5.41, 5.74) is 5.56. The second kappa shape index (κ2) is 12.7. The third-order valence-electron chi connectivity index (χ3n) is 9.42. The molecule has 2 amide bonds. The molecule has 0 bridgehead atoms. The van der Waals surface area contributed by atoms with E-state index in [1.165, 1.54) is 0 Å². The Labute approximate surface area is 268 Å². The Hall–Kier alpha value is -5.08. The largest absolute Gasteiger partial charge is 0.350 e. The van der Waals surface area contributed by atoms with Gasteiger partial charge in [-0.2, -0.15) is 0 Å². The quantitative estimate of drug-likeness (QED) is 0.186. The van der Waals surface area contributed by atoms with Gasteiger partial charge in [0.25, 0.3) is 17.6 Å². The predicted molar refractivity (Wildman–Crippen MR) is 179 cm³/mol. The van der Waals surface area contributed by atoms with E-state index in [0.29, 0.717) is 43.3 Å². The van der Waals surface area contributed by atoms with Crippen LogP contribution in [0.2, 0.25) is 0 Å². The monoisotopic (exact) mass is 611 g/mol. The van der Waals surface area contributed by atoms with Crippen molar-refractivity contribution < 1.29 is 14.4 Å². The molecule has 0 atom stereocenters. The molecular weight excluding hydrogens is 574 g/mol. The van der Waals surface area contributed by atoms with Gasteiger partial charge >= 0.3 is 0 Å². The van der Waals surface area contributed by atoms with Gasteiger partial charge in [-0.25, -0.2) is 4.98 Å². The zero-order valence-corrected chi connectivity index (χ0v) is 26.0. The molecule has 2 fully saturated rings. The molecule has 5 aromatic rings. The maximum atomic E-state index is 13.8. The number of fused-ring (bicyclic) bond motifs is 1. The van der Waals surface area contributed by atoms with Crippen molar-refractivity contribution in [1.82, 2.24) is 24.3 Å². The van der Waals surface area contributed by atoms with Crippen molar-refractivity contribution in [2.24, 2.45) is 7.05 Å². The molecule has 3 aromatic carbocycles. The minimum Gasteiger partial charge on any atom is -0.350 e. The first-order valence-electron chi connectivity index (χ1n) is 16.0. The number of carbonyl (C=O) groups is 3. The lowest BCUT2D eigenvalue weighted by Gasteiger charge is -2.42. The van der Waals surface area contributed by atoms with Crippen LogP contribution < -0.4 is 0 Å². The van der Waals surface area contributed by atoms with Crippen LogP contribution in [0.3, 0.4) is 0 Å². The molecule has 4 heterocycles. The van der Waals surface area contributed by atoms with Gasteiger partial charge in [-0.05, 0) is 31.0 Å². The molecule has 0 radical (unpaired) electrons. The second-order valence-electron chi connectivity index (χ2n) is 12.2. The van der Waals surface area contributed by atoms with Gasteiger partial charge in [0.2, 0.25) is 0 Å². The number of hydrogen-bond donors (Lipinski definition) is 0. The van der Waals surface area contributed by atoms with E-state index < -0.39 is 11.7 Å². The standard InChI is InChI=1S/C38H37N5O3/c1-40-26-32(31-14-8-9-15-35(31)40)36(44)38(46)42-18-16-30(17-19-42)41-20-22-43(23-21-41)37(45)29-24-33(27-10-4-2-5-11-27)39-34(25-29)28-12-6-3-7-13-28/h2-15,24-26,30H,16-23H2,1H3. The van der Waals surface area contributed by atoms with Gasteiger partial charge in [0.05, 0.1) is 17.0 Å². The smallest absolute Gasteiger partial charge is 0.295 e. The van der Waals surface area contributed by atoms with Crippen molar-refractivity contribution in [3.8, 4) is 22.5 Å². The first-order chi connectivity index (χ1) is 22.5. The van der Waals surface area contributed by atoms with Gasteiger partial charge in [-0.1, -0.05) is 78.9 Å². The summed E-state index contributed by atoms with van der Waals surface area (Å²) in [5, 5.41) is 0.810. The molecular formula is C38H37N5O3. The van der Waals surface area contributed by atoms with Crippen LogP contribution in [-0.4, -0.2) is 87.2 Å². The fourth-order valence-corrected chi connectivity index (χ4v) is 6.86. The van der Waals surface area contributed by atoms with E-state index in [2.05, 4.69) is 4.90 Å². The van der Waals surface area contributed by atoms with Crippen LogP contribution in [-0.2, 0) is 11.8 Å². The van der Waals surface area contributed by atoms with Crippen molar-refractivity contribution in [3.63, 3.8) is 0 Å². The highest BCUT2D eigenvalue weighted by molar-refractivity contribution is 6.44. The van der Waals surface area contributed by atoms with Gasteiger partial charge in [0.15, 0.2) is 0 Å². The molecule has 0 unspecified atom stereocenters. The molecule has 0 spiro atoms. The van der Waals surface area contributed by atoms with Crippen LogP contribution in [0, 0.1) is 0 Å². The van der Waals surface area contributed by atoms with E-state index in [1.54, 1.807) is 11.1 Å². The maximum absolute atomic E-state index is 13.8. The molecule has 2 aliphatic heterocycles. The van der Waals surface area contributed by atoms with Gasteiger partial charge in [0, 0.05) is 86.1 Å². The molecule has 0 aliphatic carbocycles. The van der Waals surface area contributed by atoms with Crippen LogP contribution in [0.4, 0.5) is 0 Å². The predicted octanol–water partition coefficient (Wildman–Crippen LogP) is 5.54. The Morgan fingerprint density at radius 1 is 0.674 bits per heavy atom. The van der Waals surface area contributed by atoms with E-state index >= 15 is 0 Å². The van der Waals surface area contributed by atoms with Crippen molar-refractivity contribution in [2.45, 2.75) is 18.9 Å². The number of carbonyl (C=O) groups excluding carboxylic acids is 3. The summed E-state index contributed by atoms with van der Waals surface area (Å²) in [7, 11) is 1.89. The van der Waals surface area contributed by atoms with Gasteiger partial charge in [-0.3, -0.25) is 19.3 Å². The molecule has 232 valence electrons. The number of hydrogen-bond acceptors (Lipinski definition) is 5. The van der Waals surface area contributed by atoms with Crippen molar-refractivity contribution in [3.05, 3.63) is 114 Å². The Balaban J connectivity index is 0.982. The minimum absolute atomic E-state index is 0.0174. The number of piperidine rings is 1. The number of para-hydroxylation sites is 1. The SMILES string of the molecule is Cn1cc(C(=O)C(=O)N2CCC(N3CCN(C(=O)c4cc(-c5ccccc5)nc(-c5ccccc5)c4)CC3)CC2)c2ccccc21. The van der Waals surface area contributed by atoms with E-state index in [9.17, 15) is 14.4 Å². The van der Waals surface area contributed by atoms with E-state index in [-0.39, 0.29) is 5.91 Å². The molecule has 8 nitrogen and oxygen atoms in total. The first-order valence-corrected chi connectivity index (χ1v) is 16.0. The number of aryl methyl sites for hydroxylation is 1. The van der Waals surface area contributed by atoms with Crippen molar-refractivity contribution in [2.75, 3.05) is 39.3 Å². The fourth-order valence-electron chi connectivity index (χ4n) is 6.86. The number of benzene rings is 3. The van der Waals surface area contributed by atoms with Crippen LogP contribution in [0.15, 0.2) is 103 Å². The number of rotatable bonds is 6. The Morgan fingerprint density at radius 2 is 1.24 bits per heavy atom. The molecule has 0 saturated carbocycles. The van der Waals surface area contributed by atoms with Gasteiger partial charge in [-0.15, -0.1) is 0 Å². The molecule has 2 saturated heterocycles. The summed E-state index contributed by atoms with van der Waals surface area (Å²) in [6.07, 6.45) is 3.39. The van der Waals surface area contributed by atoms with Crippen LogP contribution in [0.1, 0.15) is 33.6 Å². The van der Waals surface area contributed by atoms with Crippen LogP contribution >= 0.6 is 0 Å². The summed E-state index contributed by atoms with van der Waals surface area (Å²) in [6.45, 7) is 3.95. The molecule has 8 heteroatoms. The van der Waals surface area contributed by atoms with E-state index in [4.69, 9.17) is 4.98 Å². The third kappa shape index (κ3) is 5.84. The molecule has 2 aromatic heterocycles. The fraction of sp³-hybridized carbons (Fsp3) is 0.263. The van der Waals surface area contributed by atoms with E-state index in [1.807, 2.05) is 114 Å². The summed E-state index contributed by atoms with van der Waals surface area (Å²) >= 11 is 0. The van der Waals surface area contributed by atoms with Crippen molar-refractivity contribution in [1.29, 1.82) is 0 Å². The highest BCUT2D eigenvalue weighted by Gasteiger charge is 2.33. The number of likely N-dealkylation sites (tertiary alicyclic amines) is 1. The Morgan fingerprint density at radius 3 is 1.85 bits per heavy atom. The highest BCUT2D eigenvalue weighted by atomic mass is 16.2. The summed E-state index contributed by atoms with van der Waals surface area (Å²) in [5.74, 6) is -0.847.